The van der Waals surface area contributed by atoms with Gasteiger partial charge in [-0.25, -0.2) is 9.79 Å². The smallest absolute Gasteiger partial charge is 0.338 e. The molecule has 2 heterocycles. The van der Waals surface area contributed by atoms with E-state index in [1.165, 1.54) is 11.3 Å². The van der Waals surface area contributed by atoms with Gasteiger partial charge in [0, 0.05) is 0 Å². The van der Waals surface area contributed by atoms with Crippen LogP contribution in [-0.2, 0) is 9.53 Å². The van der Waals surface area contributed by atoms with E-state index in [4.69, 9.17) is 9.47 Å². The molecule has 1 atom stereocenters. The van der Waals surface area contributed by atoms with Crippen molar-refractivity contribution in [3.05, 3.63) is 93.7 Å². The van der Waals surface area contributed by atoms with Gasteiger partial charge < -0.3 is 9.47 Å². The third-order valence-corrected chi connectivity index (χ3v) is 7.21. The number of fused-ring (bicyclic) bond motifs is 1. The van der Waals surface area contributed by atoms with Crippen molar-refractivity contribution >= 4 is 46.0 Å². The molecule has 0 spiro atoms. The lowest BCUT2D eigenvalue weighted by atomic mass is 9.95. The summed E-state index contributed by atoms with van der Waals surface area (Å²) < 4.78 is 13.8. The molecule has 0 saturated carbocycles. The van der Waals surface area contributed by atoms with Crippen LogP contribution in [0.2, 0.25) is 0 Å². The quantitative estimate of drug-likeness (QED) is 0.344. The van der Waals surface area contributed by atoms with E-state index in [-0.39, 0.29) is 12.2 Å². The van der Waals surface area contributed by atoms with Crippen LogP contribution in [0.15, 0.2) is 63.5 Å². The van der Waals surface area contributed by atoms with Crippen LogP contribution >= 0.6 is 33.9 Å². The summed E-state index contributed by atoms with van der Waals surface area (Å²) in [5, 5.41) is 0. The number of methoxy groups -OCH3 is 1. The van der Waals surface area contributed by atoms with Crippen molar-refractivity contribution in [2.24, 2.45) is 4.99 Å². The first-order chi connectivity index (χ1) is 15.8. The number of esters is 1. The van der Waals surface area contributed by atoms with E-state index in [2.05, 4.69) is 27.6 Å². The molecule has 33 heavy (non-hydrogen) atoms. The molecule has 1 aliphatic heterocycles. The zero-order chi connectivity index (χ0) is 23.7. The Morgan fingerprint density at radius 2 is 1.94 bits per heavy atom. The van der Waals surface area contributed by atoms with Crippen molar-refractivity contribution in [2.75, 3.05) is 13.7 Å². The second-order valence-electron chi connectivity index (χ2n) is 7.61. The molecular formula is C25H23IN2O4S. The number of aromatic nitrogens is 1. The molecule has 0 amide bonds. The summed E-state index contributed by atoms with van der Waals surface area (Å²) in [6.07, 6.45) is 1.85. The third kappa shape index (κ3) is 4.54. The fraction of sp³-hybridized carbons (Fsp3) is 0.240. The fourth-order valence-electron chi connectivity index (χ4n) is 3.78. The first-order valence-electron chi connectivity index (χ1n) is 10.4. The summed E-state index contributed by atoms with van der Waals surface area (Å²) in [6, 6.07) is 13.0. The highest BCUT2D eigenvalue weighted by Gasteiger charge is 2.33. The number of rotatable bonds is 5. The van der Waals surface area contributed by atoms with Gasteiger partial charge in [-0.1, -0.05) is 47.2 Å². The number of ether oxygens (including phenoxy) is 2. The van der Waals surface area contributed by atoms with Gasteiger partial charge in [-0.3, -0.25) is 9.36 Å². The summed E-state index contributed by atoms with van der Waals surface area (Å²) in [5.74, 6) is 0.326. The van der Waals surface area contributed by atoms with Crippen LogP contribution < -0.4 is 19.6 Å². The molecule has 8 heteroatoms. The van der Waals surface area contributed by atoms with Crippen LogP contribution in [0.5, 0.6) is 5.75 Å². The molecule has 0 bridgehead atoms. The minimum absolute atomic E-state index is 0.190. The predicted molar refractivity (Wildman–Crippen MR) is 137 cm³/mol. The maximum atomic E-state index is 13.6. The van der Waals surface area contributed by atoms with Crippen molar-refractivity contribution in [2.45, 2.75) is 26.8 Å². The highest BCUT2D eigenvalue weighted by molar-refractivity contribution is 14.1. The minimum atomic E-state index is -0.598. The molecule has 0 fully saturated rings. The lowest BCUT2D eigenvalue weighted by Gasteiger charge is -2.24. The average Bonchev–Trinajstić information content (AvgIpc) is 3.08. The number of carbonyl (C=O) groups is 1. The van der Waals surface area contributed by atoms with E-state index in [1.54, 1.807) is 25.5 Å². The third-order valence-electron chi connectivity index (χ3n) is 5.38. The minimum Gasteiger partial charge on any atom is -0.496 e. The molecule has 4 rings (SSSR count). The Morgan fingerprint density at radius 3 is 2.58 bits per heavy atom. The number of aryl methyl sites for hydroxylation is 1. The summed E-state index contributed by atoms with van der Waals surface area (Å²) in [5.41, 5.74) is 3.58. The van der Waals surface area contributed by atoms with Crippen LogP contribution in [0, 0.1) is 10.5 Å². The first kappa shape index (κ1) is 23.4. The van der Waals surface area contributed by atoms with Crippen molar-refractivity contribution in [3.63, 3.8) is 0 Å². The molecule has 3 aromatic rings. The van der Waals surface area contributed by atoms with Crippen LogP contribution in [0.25, 0.3) is 6.08 Å². The van der Waals surface area contributed by atoms with Crippen molar-refractivity contribution in [1.29, 1.82) is 0 Å². The van der Waals surface area contributed by atoms with Crippen molar-refractivity contribution in [1.82, 2.24) is 4.57 Å². The Morgan fingerprint density at radius 1 is 1.21 bits per heavy atom. The van der Waals surface area contributed by atoms with Crippen LogP contribution in [0.1, 0.15) is 36.6 Å². The normalized spacial score (nSPS) is 15.8. The molecule has 0 saturated heterocycles. The Hall–Kier alpha value is -2.72. The summed E-state index contributed by atoms with van der Waals surface area (Å²) in [6.45, 7) is 5.80. The van der Waals surface area contributed by atoms with E-state index < -0.39 is 12.0 Å². The monoisotopic (exact) mass is 574 g/mol. The number of allylic oxidation sites excluding steroid dienone is 1. The predicted octanol–water partition coefficient (Wildman–Crippen LogP) is 3.72. The molecule has 1 aromatic heterocycles. The average molecular weight is 574 g/mol. The van der Waals surface area contributed by atoms with E-state index in [0.717, 1.165) is 26.0 Å². The second-order valence-corrected chi connectivity index (χ2v) is 9.78. The Bertz CT molecular complexity index is 1430. The highest BCUT2D eigenvalue weighted by atomic mass is 127. The van der Waals surface area contributed by atoms with Gasteiger partial charge in [-0.15, -0.1) is 0 Å². The van der Waals surface area contributed by atoms with Crippen LogP contribution in [0.3, 0.4) is 0 Å². The summed E-state index contributed by atoms with van der Waals surface area (Å²) >= 11 is 3.52. The summed E-state index contributed by atoms with van der Waals surface area (Å²) in [4.78, 5) is 31.7. The molecule has 0 unspecified atom stereocenters. The molecular weight excluding hydrogens is 551 g/mol. The van der Waals surface area contributed by atoms with Crippen molar-refractivity contribution in [3.8, 4) is 5.75 Å². The zero-order valence-corrected chi connectivity index (χ0v) is 21.7. The van der Waals surface area contributed by atoms with Gasteiger partial charge in [-0.2, -0.15) is 0 Å². The topological polar surface area (TPSA) is 69.9 Å². The zero-order valence-electron chi connectivity index (χ0n) is 18.7. The molecule has 0 N–H and O–H groups in total. The van der Waals surface area contributed by atoms with Gasteiger partial charge in [-0.05, 0) is 72.7 Å². The Kier molecular flexibility index (Phi) is 6.85. The van der Waals surface area contributed by atoms with Crippen LogP contribution in [-0.4, -0.2) is 24.3 Å². The standard InChI is InChI=1S/C25H23IN2O4S/c1-5-32-24(30)21-15(3)27-25-28(22(21)17-9-6-14(2)7-10-17)23(29)20(33-25)13-16-8-11-19(31-4)18(26)12-16/h6-13,22H,5H2,1-4H3/b20-13-/t22-/m0/s1. The number of thiazole rings is 1. The number of hydrogen-bond acceptors (Lipinski definition) is 6. The van der Waals surface area contributed by atoms with Gasteiger partial charge in [0.05, 0.1) is 39.1 Å². The second kappa shape index (κ2) is 9.64. The van der Waals surface area contributed by atoms with Gasteiger partial charge in [0.1, 0.15) is 5.75 Å². The van der Waals surface area contributed by atoms with E-state index in [9.17, 15) is 9.59 Å². The van der Waals surface area contributed by atoms with Gasteiger partial charge in [0.15, 0.2) is 4.80 Å². The molecule has 0 aliphatic carbocycles. The number of nitrogens with zero attached hydrogens (tertiary/aromatic N) is 2. The number of hydrogen-bond donors (Lipinski definition) is 0. The highest BCUT2D eigenvalue weighted by Crippen LogP contribution is 2.31. The van der Waals surface area contributed by atoms with Gasteiger partial charge >= 0.3 is 5.97 Å². The molecule has 170 valence electrons. The number of benzene rings is 2. The maximum Gasteiger partial charge on any atom is 0.338 e. The SMILES string of the molecule is CCOC(=O)C1=C(C)N=c2s/c(=C\c3ccc(OC)c(I)c3)c(=O)n2[C@H]1c1ccc(C)cc1. The van der Waals surface area contributed by atoms with Gasteiger partial charge in [0.2, 0.25) is 0 Å². The lowest BCUT2D eigenvalue weighted by Crippen LogP contribution is -2.39. The fourth-order valence-corrected chi connectivity index (χ4v) is 5.59. The Labute approximate surface area is 209 Å². The molecule has 0 radical (unpaired) electrons. The van der Waals surface area contributed by atoms with E-state index in [1.807, 2.05) is 55.5 Å². The number of halogens is 1. The largest absolute Gasteiger partial charge is 0.496 e. The van der Waals surface area contributed by atoms with Crippen molar-refractivity contribution < 1.29 is 14.3 Å². The number of carbonyl (C=O) groups excluding carboxylic acids is 1. The molecule has 1 aliphatic rings. The lowest BCUT2D eigenvalue weighted by molar-refractivity contribution is -0.139. The first-order valence-corrected chi connectivity index (χ1v) is 12.3. The molecule has 6 nitrogen and oxygen atoms in total. The summed E-state index contributed by atoms with van der Waals surface area (Å²) in [7, 11) is 1.63. The molecule has 2 aromatic carbocycles. The maximum absolute atomic E-state index is 13.6. The van der Waals surface area contributed by atoms with Gasteiger partial charge in [0.25, 0.3) is 5.56 Å². The van der Waals surface area contributed by atoms with Crippen LogP contribution in [0.4, 0.5) is 0 Å². The Balaban J connectivity index is 1.93. The van der Waals surface area contributed by atoms with E-state index >= 15 is 0 Å². The van der Waals surface area contributed by atoms with E-state index in [0.29, 0.717) is 20.6 Å².